The van der Waals surface area contributed by atoms with Gasteiger partial charge in [-0.1, -0.05) is 18.2 Å². The van der Waals surface area contributed by atoms with Crippen molar-refractivity contribution in [1.29, 1.82) is 0 Å². The maximum absolute atomic E-state index is 12.8. The molecule has 2 aromatic rings. The number of allylic oxidation sites excluding steroid dienone is 2. The van der Waals surface area contributed by atoms with Gasteiger partial charge in [0.05, 0.1) is 5.57 Å². The van der Waals surface area contributed by atoms with Gasteiger partial charge in [-0.25, -0.2) is 0 Å². The largest absolute Gasteiger partial charge is 0.417 e. The predicted molar refractivity (Wildman–Crippen MR) is 58.4 cm³/mol. The molecule has 0 amide bonds. The van der Waals surface area contributed by atoms with Crippen LogP contribution in [-0.4, -0.2) is 17.4 Å². The molecule has 0 aliphatic rings. The zero-order valence-electron chi connectivity index (χ0n) is 8.58. The SMILES string of the molecule is O=C/C=C(/c1c[nH]c2ccccc12)C(F)(F)F. The number of aldehydes is 1. The molecule has 5 heteroatoms. The van der Waals surface area contributed by atoms with Crippen LogP contribution in [0.1, 0.15) is 5.56 Å². The van der Waals surface area contributed by atoms with Gasteiger partial charge in [-0.05, 0) is 12.1 Å². The lowest BCUT2D eigenvalue weighted by Gasteiger charge is -2.09. The number of H-pyrrole nitrogens is 1. The monoisotopic (exact) mass is 239 g/mol. The lowest BCUT2D eigenvalue weighted by molar-refractivity contribution is -0.104. The molecule has 1 aromatic carbocycles. The highest BCUT2D eigenvalue weighted by Crippen LogP contribution is 2.36. The maximum atomic E-state index is 12.8. The molecule has 0 aliphatic heterocycles. The molecule has 2 rings (SSSR count). The number of para-hydroxylation sites is 1. The fraction of sp³-hybridized carbons (Fsp3) is 0.0833. The smallest absolute Gasteiger partial charge is 0.361 e. The van der Waals surface area contributed by atoms with E-state index >= 15 is 0 Å². The lowest BCUT2D eigenvalue weighted by atomic mass is 10.0. The highest BCUT2D eigenvalue weighted by molar-refractivity contribution is 5.96. The van der Waals surface area contributed by atoms with Crippen molar-refractivity contribution in [3.8, 4) is 0 Å². The Kier molecular flexibility index (Phi) is 2.75. The number of fused-ring (bicyclic) bond motifs is 1. The summed E-state index contributed by atoms with van der Waals surface area (Å²) in [7, 11) is 0. The number of aromatic amines is 1. The first-order valence-corrected chi connectivity index (χ1v) is 4.83. The van der Waals surface area contributed by atoms with E-state index < -0.39 is 11.7 Å². The number of halogens is 3. The number of hydrogen-bond acceptors (Lipinski definition) is 1. The summed E-state index contributed by atoms with van der Waals surface area (Å²) in [4.78, 5) is 13.0. The van der Waals surface area contributed by atoms with Crippen molar-refractivity contribution < 1.29 is 18.0 Å². The number of nitrogens with one attached hydrogen (secondary N) is 1. The summed E-state index contributed by atoms with van der Waals surface area (Å²) >= 11 is 0. The fourth-order valence-corrected chi connectivity index (χ4v) is 1.70. The van der Waals surface area contributed by atoms with Gasteiger partial charge in [0, 0.05) is 22.7 Å². The summed E-state index contributed by atoms with van der Waals surface area (Å²) in [6.07, 6.45) is -2.61. The number of carbonyl (C=O) groups is 1. The second kappa shape index (κ2) is 4.08. The van der Waals surface area contributed by atoms with Gasteiger partial charge >= 0.3 is 6.18 Å². The van der Waals surface area contributed by atoms with Crippen LogP contribution in [0.2, 0.25) is 0 Å². The highest BCUT2D eigenvalue weighted by atomic mass is 19.4. The molecular weight excluding hydrogens is 231 g/mol. The quantitative estimate of drug-likeness (QED) is 0.633. The molecule has 2 nitrogen and oxygen atoms in total. The molecule has 0 saturated heterocycles. The van der Waals surface area contributed by atoms with Gasteiger partial charge < -0.3 is 4.98 Å². The first-order valence-electron chi connectivity index (χ1n) is 4.83. The minimum Gasteiger partial charge on any atom is -0.361 e. The maximum Gasteiger partial charge on any atom is 0.417 e. The molecule has 0 radical (unpaired) electrons. The average molecular weight is 239 g/mol. The zero-order chi connectivity index (χ0) is 12.5. The van der Waals surface area contributed by atoms with Crippen LogP contribution in [0.4, 0.5) is 13.2 Å². The third-order valence-electron chi connectivity index (χ3n) is 2.42. The van der Waals surface area contributed by atoms with Gasteiger partial charge in [-0.2, -0.15) is 13.2 Å². The Labute approximate surface area is 94.8 Å². The second-order valence-electron chi connectivity index (χ2n) is 3.46. The van der Waals surface area contributed by atoms with Gasteiger partial charge in [-0.15, -0.1) is 0 Å². The molecule has 17 heavy (non-hydrogen) atoms. The molecule has 0 fully saturated rings. The third-order valence-corrected chi connectivity index (χ3v) is 2.42. The van der Waals surface area contributed by atoms with Crippen LogP contribution in [0, 0.1) is 0 Å². The molecule has 1 aromatic heterocycles. The zero-order valence-corrected chi connectivity index (χ0v) is 8.58. The molecule has 0 atom stereocenters. The van der Waals surface area contributed by atoms with E-state index in [0.29, 0.717) is 17.0 Å². The van der Waals surface area contributed by atoms with Crippen LogP contribution in [0.25, 0.3) is 16.5 Å². The van der Waals surface area contributed by atoms with E-state index in [-0.39, 0.29) is 11.8 Å². The second-order valence-corrected chi connectivity index (χ2v) is 3.46. The van der Waals surface area contributed by atoms with Gasteiger partial charge in [-0.3, -0.25) is 4.79 Å². The predicted octanol–water partition coefficient (Wildman–Crippen LogP) is 3.31. The summed E-state index contributed by atoms with van der Waals surface area (Å²) in [5, 5.41) is 0.443. The number of aromatic nitrogens is 1. The normalized spacial score (nSPS) is 13.0. The topological polar surface area (TPSA) is 32.9 Å². The van der Waals surface area contributed by atoms with Gasteiger partial charge in [0.25, 0.3) is 0 Å². The number of alkyl halides is 3. The fourth-order valence-electron chi connectivity index (χ4n) is 1.70. The Bertz CT molecular complexity index is 581. The molecule has 0 spiro atoms. The summed E-state index contributed by atoms with van der Waals surface area (Å²) in [6, 6.07) is 6.62. The summed E-state index contributed by atoms with van der Waals surface area (Å²) in [6.45, 7) is 0. The first-order chi connectivity index (χ1) is 8.04. The van der Waals surface area contributed by atoms with Gasteiger partial charge in [0.15, 0.2) is 0 Å². The third kappa shape index (κ3) is 2.08. The van der Waals surface area contributed by atoms with E-state index in [9.17, 15) is 18.0 Å². The van der Waals surface area contributed by atoms with Crippen molar-refractivity contribution in [2.75, 3.05) is 0 Å². The Morgan fingerprint density at radius 3 is 2.59 bits per heavy atom. The number of benzene rings is 1. The van der Waals surface area contributed by atoms with Crippen LogP contribution >= 0.6 is 0 Å². The first kappa shape index (κ1) is 11.4. The van der Waals surface area contributed by atoms with Crippen LogP contribution in [0.3, 0.4) is 0 Å². The van der Waals surface area contributed by atoms with Crippen molar-refractivity contribution >= 4 is 22.8 Å². The van der Waals surface area contributed by atoms with Crippen LogP contribution in [0.5, 0.6) is 0 Å². The summed E-state index contributed by atoms with van der Waals surface area (Å²) in [5.74, 6) is 0. The van der Waals surface area contributed by atoms with Crippen molar-refractivity contribution in [2.24, 2.45) is 0 Å². The van der Waals surface area contributed by atoms with E-state index in [1.165, 1.54) is 6.20 Å². The molecule has 0 unspecified atom stereocenters. The standard InChI is InChI=1S/C12H8F3NO/c13-12(14,15)10(5-6-17)9-7-16-11-4-2-1-3-8(9)11/h1-7,16H/b10-5-. The van der Waals surface area contributed by atoms with Gasteiger partial charge in [0.1, 0.15) is 6.29 Å². The van der Waals surface area contributed by atoms with E-state index in [1.807, 2.05) is 0 Å². The molecule has 0 bridgehead atoms. The summed E-state index contributed by atoms with van der Waals surface area (Å²) < 4.78 is 38.3. The summed E-state index contributed by atoms with van der Waals surface area (Å²) in [5.41, 5.74) is -0.353. The van der Waals surface area contributed by atoms with Crippen molar-refractivity contribution in [1.82, 2.24) is 4.98 Å². The molecule has 1 N–H and O–H groups in total. The number of hydrogen-bond donors (Lipinski definition) is 1. The van der Waals surface area contributed by atoms with Crippen LogP contribution in [-0.2, 0) is 4.79 Å². The lowest BCUT2D eigenvalue weighted by Crippen LogP contribution is -2.10. The Hall–Kier alpha value is -2.04. The average Bonchev–Trinajstić information content (AvgIpc) is 2.68. The van der Waals surface area contributed by atoms with Crippen molar-refractivity contribution in [3.63, 3.8) is 0 Å². The molecular formula is C12H8F3NO. The van der Waals surface area contributed by atoms with Crippen molar-refractivity contribution in [2.45, 2.75) is 6.18 Å². The van der Waals surface area contributed by atoms with Crippen LogP contribution < -0.4 is 0 Å². The molecule has 1 heterocycles. The Morgan fingerprint density at radius 2 is 1.94 bits per heavy atom. The highest BCUT2D eigenvalue weighted by Gasteiger charge is 2.35. The molecule has 0 saturated carbocycles. The van der Waals surface area contributed by atoms with E-state index in [1.54, 1.807) is 24.3 Å². The van der Waals surface area contributed by atoms with Gasteiger partial charge in [0.2, 0.25) is 0 Å². The minimum absolute atomic E-state index is 0.0137. The Balaban J connectivity index is 2.66. The Morgan fingerprint density at radius 1 is 1.24 bits per heavy atom. The van der Waals surface area contributed by atoms with E-state index in [4.69, 9.17) is 0 Å². The molecule has 0 aliphatic carbocycles. The minimum atomic E-state index is -4.55. The molecule has 88 valence electrons. The van der Waals surface area contributed by atoms with Crippen LogP contribution in [0.15, 0.2) is 36.5 Å². The number of carbonyl (C=O) groups excluding carboxylic acids is 1. The van der Waals surface area contributed by atoms with E-state index in [2.05, 4.69) is 4.98 Å². The van der Waals surface area contributed by atoms with E-state index in [0.717, 1.165) is 0 Å². The number of rotatable bonds is 2. The van der Waals surface area contributed by atoms with Crippen molar-refractivity contribution in [3.05, 3.63) is 42.1 Å².